The Hall–Kier alpha value is -1.18. The minimum Gasteiger partial charge on any atom is -0.298 e. The molecule has 0 fully saturated rings. The molecule has 2 nitrogen and oxygen atoms in total. The number of hydrogen-bond donors (Lipinski definition) is 0. The first-order valence-corrected chi connectivity index (χ1v) is 2.48. The maximum atomic E-state index is 9.93. The summed E-state index contributed by atoms with van der Waals surface area (Å²) in [4.78, 5) is 19.9. The summed E-state index contributed by atoms with van der Waals surface area (Å²) in [5.41, 5.74) is 0.826. The minimum atomic E-state index is 0.127. The smallest absolute Gasteiger partial charge is 0.153 e. The Balaban J connectivity index is 4.24. The fourth-order valence-electron chi connectivity index (χ4n) is 0.380. The van der Waals surface area contributed by atoms with E-state index in [1.807, 2.05) is 0 Å². The molecule has 0 aliphatic heterocycles. The number of allylic oxidation sites excluding steroid dienone is 3. The van der Waals surface area contributed by atoms with Crippen molar-refractivity contribution in [2.45, 2.75) is 6.92 Å². The SMILES string of the molecule is C=C(C)C=C(C=O)C=O. The van der Waals surface area contributed by atoms with Gasteiger partial charge in [0.2, 0.25) is 0 Å². The van der Waals surface area contributed by atoms with Gasteiger partial charge >= 0.3 is 0 Å². The maximum absolute atomic E-state index is 9.93. The first-order valence-electron chi connectivity index (χ1n) is 2.48. The molecule has 0 amide bonds. The van der Waals surface area contributed by atoms with Crippen LogP contribution >= 0.6 is 0 Å². The summed E-state index contributed by atoms with van der Waals surface area (Å²) in [7, 11) is 0. The predicted molar refractivity (Wildman–Crippen MR) is 35.0 cm³/mol. The summed E-state index contributed by atoms with van der Waals surface area (Å²) in [6.45, 7) is 5.21. The Morgan fingerprint density at radius 1 is 1.33 bits per heavy atom. The molecule has 0 atom stereocenters. The average molecular weight is 124 g/mol. The Kier molecular flexibility index (Phi) is 3.28. The standard InChI is InChI=1S/C7H8O2/c1-6(2)3-7(4-8)5-9/h3-5H,1H2,2H3. The molecule has 48 valence electrons. The zero-order valence-corrected chi connectivity index (χ0v) is 5.26. The predicted octanol–water partition coefficient (Wildman–Crippen LogP) is 0.887. The van der Waals surface area contributed by atoms with Gasteiger partial charge in [0.1, 0.15) is 0 Å². The molecule has 0 aliphatic rings. The van der Waals surface area contributed by atoms with Crippen LogP contribution in [-0.4, -0.2) is 12.6 Å². The monoisotopic (exact) mass is 124 g/mol. The van der Waals surface area contributed by atoms with Crippen molar-refractivity contribution in [3.8, 4) is 0 Å². The van der Waals surface area contributed by atoms with Gasteiger partial charge in [-0.05, 0) is 13.0 Å². The largest absolute Gasteiger partial charge is 0.298 e. The number of carbonyl (C=O) groups is 2. The van der Waals surface area contributed by atoms with Crippen molar-refractivity contribution >= 4 is 12.6 Å². The van der Waals surface area contributed by atoms with Crippen LogP contribution in [0.1, 0.15) is 6.92 Å². The molecule has 0 spiro atoms. The van der Waals surface area contributed by atoms with E-state index in [2.05, 4.69) is 6.58 Å². The first kappa shape index (κ1) is 7.82. The van der Waals surface area contributed by atoms with Crippen molar-refractivity contribution in [1.82, 2.24) is 0 Å². The fourth-order valence-corrected chi connectivity index (χ4v) is 0.380. The molecule has 0 N–H and O–H groups in total. The van der Waals surface area contributed by atoms with Gasteiger partial charge in [0.15, 0.2) is 12.6 Å². The topological polar surface area (TPSA) is 34.1 Å². The van der Waals surface area contributed by atoms with Crippen molar-refractivity contribution in [1.29, 1.82) is 0 Å². The third kappa shape index (κ3) is 3.41. The summed E-state index contributed by atoms with van der Waals surface area (Å²) < 4.78 is 0. The molecule has 2 heteroatoms. The molecule has 0 rings (SSSR count). The molecule has 0 aromatic carbocycles. The molecule has 0 saturated carbocycles. The van der Waals surface area contributed by atoms with Gasteiger partial charge in [0.25, 0.3) is 0 Å². The van der Waals surface area contributed by atoms with Gasteiger partial charge in [-0.2, -0.15) is 0 Å². The molecule has 0 aromatic heterocycles. The normalized spacial score (nSPS) is 7.67. The number of hydrogen-bond acceptors (Lipinski definition) is 2. The van der Waals surface area contributed by atoms with E-state index < -0.39 is 0 Å². The summed E-state index contributed by atoms with van der Waals surface area (Å²) in [6, 6.07) is 0. The van der Waals surface area contributed by atoms with Gasteiger partial charge in [-0.15, -0.1) is 0 Å². The van der Waals surface area contributed by atoms with Crippen LogP contribution in [-0.2, 0) is 9.59 Å². The van der Waals surface area contributed by atoms with Gasteiger partial charge in [0.05, 0.1) is 5.57 Å². The van der Waals surface area contributed by atoms with Crippen LogP contribution in [0.3, 0.4) is 0 Å². The van der Waals surface area contributed by atoms with Crippen molar-refractivity contribution in [3.63, 3.8) is 0 Å². The molecular formula is C7H8O2. The van der Waals surface area contributed by atoms with Crippen molar-refractivity contribution in [3.05, 3.63) is 23.8 Å². The van der Waals surface area contributed by atoms with E-state index in [0.29, 0.717) is 18.1 Å². The van der Waals surface area contributed by atoms with Gasteiger partial charge in [-0.1, -0.05) is 12.2 Å². The zero-order valence-electron chi connectivity index (χ0n) is 5.26. The van der Waals surface area contributed by atoms with E-state index in [1.54, 1.807) is 6.92 Å². The minimum absolute atomic E-state index is 0.127. The van der Waals surface area contributed by atoms with E-state index in [0.717, 1.165) is 0 Å². The Bertz CT molecular complexity index is 156. The second-order valence-corrected chi connectivity index (χ2v) is 1.73. The molecule has 0 saturated heterocycles. The molecule has 0 aromatic rings. The van der Waals surface area contributed by atoms with Gasteiger partial charge < -0.3 is 0 Å². The lowest BCUT2D eigenvalue weighted by molar-refractivity contribution is -0.109. The van der Waals surface area contributed by atoms with Crippen LogP contribution in [0.15, 0.2) is 23.8 Å². The first-order chi connectivity index (χ1) is 4.20. The van der Waals surface area contributed by atoms with Crippen molar-refractivity contribution in [2.75, 3.05) is 0 Å². The van der Waals surface area contributed by atoms with Crippen LogP contribution in [0.2, 0.25) is 0 Å². The molecule has 0 heterocycles. The zero-order chi connectivity index (χ0) is 7.28. The van der Waals surface area contributed by atoms with Gasteiger partial charge in [-0.3, -0.25) is 9.59 Å². The molecule has 9 heavy (non-hydrogen) atoms. The van der Waals surface area contributed by atoms with Crippen LogP contribution in [0.25, 0.3) is 0 Å². The van der Waals surface area contributed by atoms with Crippen LogP contribution in [0, 0.1) is 0 Å². The molecule has 0 radical (unpaired) electrons. The van der Waals surface area contributed by atoms with Crippen molar-refractivity contribution < 1.29 is 9.59 Å². The second kappa shape index (κ2) is 3.78. The highest BCUT2D eigenvalue weighted by atomic mass is 16.1. The maximum Gasteiger partial charge on any atom is 0.153 e. The van der Waals surface area contributed by atoms with Crippen LogP contribution in [0.5, 0.6) is 0 Å². The van der Waals surface area contributed by atoms with Crippen LogP contribution < -0.4 is 0 Å². The number of rotatable bonds is 3. The third-order valence-electron chi connectivity index (χ3n) is 0.685. The van der Waals surface area contributed by atoms with E-state index in [4.69, 9.17) is 0 Å². The summed E-state index contributed by atoms with van der Waals surface area (Å²) in [5, 5.41) is 0. The van der Waals surface area contributed by atoms with E-state index in [-0.39, 0.29) is 5.57 Å². The lowest BCUT2D eigenvalue weighted by Gasteiger charge is -1.84. The Morgan fingerprint density at radius 3 is 1.89 bits per heavy atom. The molecular weight excluding hydrogens is 116 g/mol. The van der Waals surface area contributed by atoms with E-state index in [1.165, 1.54) is 6.08 Å². The lowest BCUT2D eigenvalue weighted by Crippen LogP contribution is -1.84. The highest BCUT2D eigenvalue weighted by Gasteiger charge is 1.88. The molecule has 0 unspecified atom stereocenters. The average Bonchev–Trinajstić information content (AvgIpc) is 1.82. The summed E-state index contributed by atoms with van der Waals surface area (Å²) in [6.07, 6.45) is 2.43. The van der Waals surface area contributed by atoms with Gasteiger partial charge in [0, 0.05) is 0 Å². The second-order valence-electron chi connectivity index (χ2n) is 1.73. The lowest BCUT2D eigenvalue weighted by atomic mass is 10.2. The van der Waals surface area contributed by atoms with E-state index >= 15 is 0 Å². The molecule has 0 aliphatic carbocycles. The highest BCUT2D eigenvalue weighted by molar-refractivity contribution is 5.99. The Morgan fingerprint density at radius 2 is 1.78 bits per heavy atom. The fraction of sp³-hybridized carbons (Fsp3) is 0.143. The van der Waals surface area contributed by atoms with Gasteiger partial charge in [-0.25, -0.2) is 0 Å². The van der Waals surface area contributed by atoms with E-state index in [9.17, 15) is 9.59 Å². The van der Waals surface area contributed by atoms with Crippen LogP contribution in [0.4, 0.5) is 0 Å². The number of carbonyl (C=O) groups excluding carboxylic acids is 2. The third-order valence-corrected chi connectivity index (χ3v) is 0.685. The Labute approximate surface area is 53.9 Å². The summed E-state index contributed by atoms with van der Waals surface area (Å²) in [5.74, 6) is 0. The summed E-state index contributed by atoms with van der Waals surface area (Å²) >= 11 is 0. The van der Waals surface area contributed by atoms with Crippen molar-refractivity contribution in [2.24, 2.45) is 0 Å². The molecule has 0 bridgehead atoms. The number of aldehydes is 2. The quantitative estimate of drug-likeness (QED) is 0.184. The highest BCUT2D eigenvalue weighted by Crippen LogP contribution is 1.92.